The smallest absolute Gasteiger partial charge is 0.307 e. The molecule has 0 unspecified atom stereocenters. The molecule has 0 aliphatic carbocycles. The van der Waals surface area contributed by atoms with Crippen LogP contribution in [-0.4, -0.2) is 41.6 Å². The fraction of sp³-hybridized carbons (Fsp3) is 0.267. The Morgan fingerprint density at radius 1 is 0.955 bits per heavy atom. The normalized spacial score (nSPS) is 18.2. The highest BCUT2D eigenvalue weighted by Gasteiger charge is 2.49. The topological polar surface area (TPSA) is 64.2 Å². The van der Waals surface area contributed by atoms with Gasteiger partial charge in [0.2, 0.25) is 0 Å². The summed E-state index contributed by atoms with van der Waals surface area (Å²) in [5.74, 6) is 0. The van der Waals surface area contributed by atoms with Crippen molar-refractivity contribution < 1.29 is 9.36 Å². The molecule has 2 fully saturated rings. The molecular formula is C15H17N4O2P. The summed E-state index contributed by atoms with van der Waals surface area (Å²) in [6.45, 7) is 3.12. The van der Waals surface area contributed by atoms with Crippen LogP contribution in [0.2, 0.25) is 0 Å². The molecule has 22 heavy (non-hydrogen) atoms. The highest BCUT2D eigenvalue weighted by Crippen LogP contribution is 2.56. The highest BCUT2D eigenvalue weighted by atomic mass is 31.2. The quantitative estimate of drug-likeness (QED) is 0.672. The molecule has 2 N–H and O–H groups in total. The summed E-state index contributed by atoms with van der Waals surface area (Å²) in [5.41, 5.74) is 0.721. The lowest BCUT2D eigenvalue weighted by atomic mass is 10.1. The minimum absolute atomic E-state index is 0.418. The van der Waals surface area contributed by atoms with Crippen molar-refractivity contribution in [3.05, 3.63) is 42.5 Å². The zero-order valence-corrected chi connectivity index (χ0v) is 12.9. The lowest BCUT2D eigenvalue weighted by molar-refractivity contribution is 0.255. The zero-order valence-electron chi connectivity index (χ0n) is 12.0. The maximum Gasteiger partial charge on any atom is 0.326 e. The molecule has 0 bridgehead atoms. The molecule has 0 spiro atoms. The van der Waals surface area contributed by atoms with Gasteiger partial charge in [0.15, 0.2) is 0 Å². The van der Waals surface area contributed by atoms with Crippen molar-refractivity contribution in [3.8, 4) is 0 Å². The lowest BCUT2D eigenvalue weighted by Crippen LogP contribution is -2.31. The third-order valence-corrected chi connectivity index (χ3v) is 6.73. The van der Waals surface area contributed by atoms with Crippen molar-refractivity contribution in [3.63, 3.8) is 0 Å². The van der Waals surface area contributed by atoms with Gasteiger partial charge in [0.1, 0.15) is 0 Å². The van der Waals surface area contributed by atoms with Crippen LogP contribution in [0, 0.1) is 0 Å². The molecule has 2 heterocycles. The van der Waals surface area contributed by atoms with Crippen LogP contribution >= 0.6 is 7.59 Å². The number of anilines is 1. The Labute approximate surface area is 128 Å². The van der Waals surface area contributed by atoms with Crippen molar-refractivity contribution in [1.29, 1.82) is 0 Å². The third kappa shape index (κ3) is 2.50. The number of hydrogen-bond acceptors (Lipinski definition) is 2. The van der Waals surface area contributed by atoms with Crippen LogP contribution in [0.15, 0.2) is 42.5 Å². The molecule has 6 nitrogen and oxygen atoms in total. The molecule has 2 aliphatic heterocycles. The molecule has 0 saturated carbocycles. The Hall–Kier alpha value is -1.88. The first-order valence-corrected chi connectivity index (χ1v) is 8.96. The molecule has 2 saturated heterocycles. The number of nitrogens with zero attached hydrogens (tertiary/aromatic N) is 2. The molecule has 114 valence electrons. The van der Waals surface area contributed by atoms with E-state index in [2.05, 4.69) is 10.4 Å². The number of nitrogens with one attached hydrogen (secondary N) is 2. The first-order chi connectivity index (χ1) is 10.7. The van der Waals surface area contributed by atoms with E-state index in [4.69, 9.17) is 0 Å². The second-order valence-electron chi connectivity index (χ2n) is 5.54. The number of hydrogen-bond donors (Lipinski definition) is 2. The molecule has 2 aromatic rings. The Balaban J connectivity index is 1.55. The van der Waals surface area contributed by atoms with Crippen LogP contribution in [-0.2, 0) is 4.57 Å². The van der Waals surface area contributed by atoms with Gasteiger partial charge in [-0.15, -0.1) is 0 Å². The molecule has 0 atom stereocenters. The van der Waals surface area contributed by atoms with E-state index >= 15 is 0 Å². The van der Waals surface area contributed by atoms with Crippen LogP contribution in [0.25, 0.3) is 10.8 Å². The SMILES string of the molecule is O=C(Nc1cccc2ccccc12)NP(=O)(N1CC1)N1CC1. The second-order valence-corrected chi connectivity index (χ2v) is 7.99. The van der Waals surface area contributed by atoms with Crippen molar-refractivity contribution in [1.82, 2.24) is 14.4 Å². The van der Waals surface area contributed by atoms with E-state index in [1.165, 1.54) is 0 Å². The van der Waals surface area contributed by atoms with Gasteiger partial charge in [-0.1, -0.05) is 36.4 Å². The van der Waals surface area contributed by atoms with Crippen molar-refractivity contribution in [2.45, 2.75) is 0 Å². The average Bonchev–Trinajstić information content (AvgIpc) is 3.40. The standard InChI is InChI=1S/C15H17N4O2P/c20-15(17-22(21,18-8-9-18)19-10-11-19)16-14-7-3-5-12-4-1-2-6-13(12)14/h1-7H,8-11H2,(H2,16,17,20,21). The second kappa shape index (κ2) is 5.09. The summed E-state index contributed by atoms with van der Waals surface area (Å²) >= 11 is 0. The molecule has 4 rings (SSSR count). The predicted molar refractivity (Wildman–Crippen MR) is 86.9 cm³/mol. The monoisotopic (exact) mass is 316 g/mol. The Kier molecular flexibility index (Phi) is 3.18. The first kappa shape index (κ1) is 13.8. The fourth-order valence-electron chi connectivity index (χ4n) is 2.57. The minimum Gasteiger partial charge on any atom is -0.307 e. The van der Waals surface area contributed by atoms with Crippen molar-refractivity contribution in [2.75, 3.05) is 31.5 Å². The van der Waals surface area contributed by atoms with Crippen LogP contribution in [0.5, 0.6) is 0 Å². The number of fused-ring (bicyclic) bond motifs is 1. The van der Waals surface area contributed by atoms with E-state index in [0.717, 1.165) is 42.6 Å². The van der Waals surface area contributed by atoms with Crippen molar-refractivity contribution >= 4 is 30.1 Å². The Bertz CT molecular complexity index is 765. The van der Waals surface area contributed by atoms with Gasteiger partial charge in [-0.05, 0) is 11.5 Å². The summed E-state index contributed by atoms with van der Waals surface area (Å²) < 4.78 is 16.5. The highest BCUT2D eigenvalue weighted by molar-refractivity contribution is 7.58. The van der Waals surface area contributed by atoms with Gasteiger partial charge in [-0.3, -0.25) is 9.65 Å². The number of urea groups is 1. The molecule has 7 heteroatoms. The van der Waals surface area contributed by atoms with Gasteiger partial charge in [0.05, 0.1) is 5.69 Å². The molecule has 2 amide bonds. The van der Waals surface area contributed by atoms with E-state index in [1.807, 2.05) is 51.8 Å². The van der Waals surface area contributed by atoms with Crippen molar-refractivity contribution in [2.24, 2.45) is 0 Å². The molecule has 2 aliphatic rings. The maximum absolute atomic E-state index is 12.9. The number of carbonyl (C=O) groups is 1. The van der Waals surface area contributed by atoms with Gasteiger partial charge in [0.25, 0.3) is 0 Å². The number of carbonyl (C=O) groups excluding carboxylic acids is 1. The average molecular weight is 316 g/mol. The van der Waals surface area contributed by atoms with E-state index in [-0.39, 0.29) is 0 Å². The first-order valence-electron chi connectivity index (χ1n) is 7.35. The van der Waals surface area contributed by atoms with E-state index in [9.17, 15) is 9.36 Å². The van der Waals surface area contributed by atoms with Gasteiger partial charge < -0.3 is 5.32 Å². The molecule has 2 aromatic carbocycles. The summed E-state index contributed by atoms with van der Waals surface area (Å²) in [5, 5.41) is 7.54. The van der Waals surface area contributed by atoms with Gasteiger partial charge in [0, 0.05) is 31.6 Å². The number of amides is 2. The van der Waals surface area contributed by atoms with Crippen LogP contribution < -0.4 is 10.4 Å². The number of rotatable bonds is 4. The van der Waals surface area contributed by atoms with E-state index in [1.54, 1.807) is 0 Å². The predicted octanol–water partition coefficient (Wildman–Crippen LogP) is 2.70. The molecular weight excluding hydrogens is 299 g/mol. The van der Waals surface area contributed by atoms with Gasteiger partial charge in [-0.25, -0.2) is 14.1 Å². The Morgan fingerprint density at radius 3 is 2.27 bits per heavy atom. The Morgan fingerprint density at radius 2 is 1.59 bits per heavy atom. The molecule has 0 radical (unpaired) electrons. The third-order valence-electron chi connectivity index (χ3n) is 3.90. The lowest BCUT2D eigenvalue weighted by Gasteiger charge is -2.21. The number of benzene rings is 2. The summed E-state index contributed by atoms with van der Waals surface area (Å²) in [6.07, 6.45) is 0. The van der Waals surface area contributed by atoms with Crippen LogP contribution in [0.1, 0.15) is 0 Å². The fourth-order valence-corrected chi connectivity index (χ4v) is 4.79. The summed E-state index contributed by atoms with van der Waals surface area (Å²) in [6, 6.07) is 13.2. The largest absolute Gasteiger partial charge is 0.326 e. The zero-order chi connectivity index (χ0) is 15.2. The summed E-state index contributed by atoms with van der Waals surface area (Å²) in [7, 11) is -2.89. The minimum atomic E-state index is -2.89. The van der Waals surface area contributed by atoms with E-state index in [0.29, 0.717) is 0 Å². The molecule has 0 aromatic heterocycles. The van der Waals surface area contributed by atoms with E-state index < -0.39 is 13.6 Å². The van der Waals surface area contributed by atoms with Gasteiger partial charge in [-0.2, -0.15) is 0 Å². The summed E-state index contributed by atoms with van der Waals surface area (Å²) in [4.78, 5) is 12.3. The van der Waals surface area contributed by atoms with Gasteiger partial charge >= 0.3 is 13.6 Å². The van der Waals surface area contributed by atoms with Crippen LogP contribution in [0.3, 0.4) is 0 Å². The maximum atomic E-state index is 12.9. The van der Waals surface area contributed by atoms with Crippen LogP contribution in [0.4, 0.5) is 10.5 Å².